The van der Waals surface area contributed by atoms with Crippen molar-refractivity contribution in [3.8, 4) is 0 Å². The summed E-state index contributed by atoms with van der Waals surface area (Å²) in [4.78, 5) is 24.5. The lowest BCUT2D eigenvalue weighted by Crippen LogP contribution is -2.53. The normalized spacial score (nSPS) is 23.1. The monoisotopic (exact) mass is 253 g/mol. The molecule has 0 saturated carbocycles. The van der Waals surface area contributed by atoms with Gasteiger partial charge >= 0.3 is 12.0 Å². The molecule has 1 atom stereocenters. The lowest BCUT2D eigenvalue weighted by molar-refractivity contribution is -0.147. The summed E-state index contributed by atoms with van der Waals surface area (Å²) < 4.78 is 4.64. The Labute approximate surface area is 104 Å². The van der Waals surface area contributed by atoms with Gasteiger partial charge in [0.1, 0.15) is 17.5 Å². The highest BCUT2D eigenvalue weighted by Gasteiger charge is 2.45. The van der Waals surface area contributed by atoms with Crippen LogP contribution in [0.4, 0.5) is 4.79 Å². The predicted octanol–water partition coefficient (Wildman–Crippen LogP) is 0.823. The Morgan fingerprint density at radius 2 is 2.44 bits per heavy atom. The fourth-order valence-corrected chi connectivity index (χ4v) is 2.10. The average molecular weight is 253 g/mol. The Balaban J connectivity index is 1.98. The number of urea groups is 1. The fraction of sp³-hybridized carbons (Fsp3) is 0.545. The van der Waals surface area contributed by atoms with Crippen LogP contribution in [0.15, 0.2) is 16.9 Å². The van der Waals surface area contributed by atoms with Crippen LogP contribution in [0.25, 0.3) is 0 Å². The second kappa shape index (κ2) is 4.67. The topological polar surface area (TPSA) is 95.7 Å². The summed E-state index contributed by atoms with van der Waals surface area (Å²) >= 11 is 0. The van der Waals surface area contributed by atoms with Crippen molar-refractivity contribution in [2.45, 2.75) is 31.8 Å². The largest absolute Gasteiger partial charge is 0.480 e. The Hall–Kier alpha value is -2.05. The molecule has 2 amide bonds. The van der Waals surface area contributed by atoms with Crippen LogP contribution in [-0.4, -0.2) is 39.2 Å². The fourth-order valence-electron chi connectivity index (χ4n) is 2.10. The first-order valence-corrected chi connectivity index (χ1v) is 5.72. The third-order valence-corrected chi connectivity index (χ3v) is 3.26. The van der Waals surface area contributed by atoms with Crippen LogP contribution in [0.1, 0.15) is 25.5 Å². The van der Waals surface area contributed by atoms with Crippen molar-refractivity contribution in [1.29, 1.82) is 0 Å². The molecule has 2 N–H and O–H groups in total. The van der Waals surface area contributed by atoms with Gasteiger partial charge in [-0.1, -0.05) is 5.16 Å². The van der Waals surface area contributed by atoms with Gasteiger partial charge in [-0.25, -0.2) is 9.59 Å². The van der Waals surface area contributed by atoms with Crippen LogP contribution >= 0.6 is 0 Å². The van der Waals surface area contributed by atoms with Crippen molar-refractivity contribution < 1.29 is 19.2 Å². The molecule has 2 heterocycles. The number of hydrogen-bond donors (Lipinski definition) is 2. The van der Waals surface area contributed by atoms with Gasteiger partial charge in [-0.05, 0) is 19.8 Å². The average Bonchev–Trinajstić information content (AvgIpc) is 2.95. The van der Waals surface area contributed by atoms with Crippen molar-refractivity contribution in [3.05, 3.63) is 18.0 Å². The quantitative estimate of drug-likeness (QED) is 0.831. The zero-order valence-electron chi connectivity index (χ0n) is 10.0. The number of rotatable bonds is 3. The van der Waals surface area contributed by atoms with E-state index in [1.807, 2.05) is 0 Å². The smallest absolute Gasteiger partial charge is 0.329 e. The van der Waals surface area contributed by atoms with Gasteiger partial charge in [0.2, 0.25) is 0 Å². The molecule has 2 rings (SSSR count). The summed E-state index contributed by atoms with van der Waals surface area (Å²) in [7, 11) is 0. The van der Waals surface area contributed by atoms with Gasteiger partial charge in [0.25, 0.3) is 0 Å². The van der Waals surface area contributed by atoms with E-state index in [0.717, 1.165) is 0 Å². The van der Waals surface area contributed by atoms with E-state index in [1.54, 1.807) is 13.0 Å². The molecule has 0 aliphatic carbocycles. The van der Waals surface area contributed by atoms with Crippen LogP contribution in [0.5, 0.6) is 0 Å². The van der Waals surface area contributed by atoms with Gasteiger partial charge in [-0.2, -0.15) is 0 Å². The molecule has 1 unspecified atom stereocenters. The van der Waals surface area contributed by atoms with Crippen LogP contribution in [0.2, 0.25) is 0 Å². The second-order valence-electron chi connectivity index (χ2n) is 4.48. The highest BCUT2D eigenvalue weighted by Crippen LogP contribution is 2.29. The summed E-state index contributed by atoms with van der Waals surface area (Å²) in [5.74, 6) is -0.975. The summed E-state index contributed by atoms with van der Waals surface area (Å²) in [5.41, 5.74) is -0.520. The Morgan fingerprint density at radius 3 is 3.06 bits per heavy atom. The zero-order valence-corrected chi connectivity index (χ0v) is 10.0. The number of nitrogens with zero attached hydrogens (tertiary/aromatic N) is 2. The summed E-state index contributed by atoms with van der Waals surface area (Å²) in [6.45, 7) is 2.24. The molecule has 1 aromatic rings. The number of aliphatic carboxylic acids is 1. The van der Waals surface area contributed by atoms with Gasteiger partial charge < -0.3 is 19.8 Å². The van der Waals surface area contributed by atoms with Crippen molar-refractivity contribution in [3.63, 3.8) is 0 Å². The molecule has 1 saturated heterocycles. The standard InChI is InChI=1S/C11H15N3O4/c1-11(9(15)16)4-2-5-14(11)10(17)12-7-8-3-6-18-13-8/h3,6H,2,4-5,7H2,1H3,(H,12,17)(H,15,16). The van der Waals surface area contributed by atoms with E-state index in [-0.39, 0.29) is 12.6 Å². The minimum Gasteiger partial charge on any atom is -0.480 e. The number of aromatic nitrogens is 1. The Morgan fingerprint density at radius 1 is 1.67 bits per heavy atom. The van der Waals surface area contributed by atoms with Crippen molar-refractivity contribution in [1.82, 2.24) is 15.4 Å². The number of likely N-dealkylation sites (tertiary alicyclic amines) is 1. The van der Waals surface area contributed by atoms with E-state index in [4.69, 9.17) is 0 Å². The van der Waals surface area contributed by atoms with E-state index < -0.39 is 11.5 Å². The van der Waals surface area contributed by atoms with Crippen molar-refractivity contribution in [2.24, 2.45) is 0 Å². The minimum atomic E-state index is -1.12. The highest BCUT2D eigenvalue weighted by molar-refractivity contribution is 5.86. The maximum atomic E-state index is 12.0. The van der Waals surface area contributed by atoms with E-state index in [1.165, 1.54) is 11.2 Å². The van der Waals surface area contributed by atoms with Gasteiger partial charge in [0.15, 0.2) is 0 Å². The molecule has 0 radical (unpaired) electrons. The summed E-state index contributed by atoms with van der Waals surface area (Å²) in [5, 5.41) is 15.5. The lowest BCUT2D eigenvalue weighted by Gasteiger charge is -2.31. The molecule has 0 spiro atoms. The van der Waals surface area contributed by atoms with E-state index in [2.05, 4.69) is 15.0 Å². The second-order valence-corrected chi connectivity index (χ2v) is 4.48. The number of carboxylic acid groups (broad SMARTS) is 1. The predicted molar refractivity (Wildman–Crippen MR) is 60.7 cm³/mol. The maximum absolute atomic E-state index is 12.0. The van der Waals surface area contributed by atoms with E-state index in [0.29, 0.717) is 25.1 Å². The van der Waals surface area contributed by atoms with Gasteiger partial charge in [0, 0.05) is 12.6 Å². The van der Waals surface area contributed by atoms with E-state index >= 15 is 0 Å². The molecule has 0 bridgehead atoms. The van der Waals surface area contributed by atoms with Crippen LogP contribution in [-0.2, 0) is 11.3 Å². The van der Waals surface area contributed by atoms with E-state index in [9.17, 15) is 14.7 Å². The number of nitrogens with one attached hydrogen (secondary N) is 1. The first-order valence-electron chi connectivity index (χ1n) is 5.72. The van der Waals surface area contributed by atoms with Gasteiger partial charge in [-0.3, -0.25) is 0 Å². The number of carbonyl (C=O) groups excluding carboxylic acids is 1. The summed E-state index contributed by atoms with van der Waals surface area (Å²) in [6, 6.07) is 1.25. The lowest BCUT2D eigenvalue weighted by atomic mass is 10.00. The van der Waals surface area contributed by atoms with Crippen LogP contribution < -0.4 is 5.32 Å². The third kappa shape index (κ3) is 2.15. The molecule has 1 aliphatic heterocycles. The number of carbonyl (C=O) groups is 2. The summed E-state index contributed by atoms with van der Waals surface area (Å²) in [6.07, 6.45) is 2.58. The van der Waals surface area contributed by atoms with Gasteiger partial charge in [0.05, 0.1) is 6.54 Å². The van der Waals surface area contributed by atoms with Gasteiger partial charge in [-0.15, -0.1) is 0 Å². The van der Waals surface area contributed by atoms with Crippen molar-refractivity contribution in [2.75, 3.05) is 6.54 Å². The first-order chi connectivity index (χ1) is 8.54. The highest BCUT2D eigenvalue weighted by atomic mass is 16.5. The minimum absolute atomic E-state index is 0.224. The molecular weight excluding hydrogens is 238 g/mol. The van der Waals surface area contributed by atoms with Crippen LogP contribution in [0, 0.1) is 0 Å². The molecule has 18 heavy (non-hydrogen) atoms. The number of carboxylic acids is 1. The molecule has 1 aliphatic rings. The molecule has 1 fully saturated rings. The Bertz CT molecular complexity index is 445. The number of amides is 2. The SMILES string of the molecule is CC1(C(=O)O)CCCN1C(=O)NCc1ccon1. The van der Waals surface area contributed by atoms with Crippen molar-refractivity contribution >= 4 is 12.0 Å². The molecule has 1 aromatic heterocycles. The first kappa shape index (κ1) is 12.4. The number of hydrogen-bond acceptors (Lipinski definition) is 4. The Kier molecular flexibility index (Phi) is 3.22. The molecule has 98 valence electrons. The molecular formula is C11H15N3O4. The maximum Gasteiger partial charge on any atom is 0.329 e. The molecule has 7 heteroatoms. The van der Waals surface area contributed by atoms with Crippen LogP contribution in [0.3, 0.4) is 0 Å². The molecule has 0 aromatic carbocycles. The zero-order chi connectivity index (χ0) is 13.2. The molecule has 7 nitrogen and oxygen atoms in total. The third-order valence-electron chi connectivity index (χ3n) is 3.26.